The molecule has 0 bridgehead atoms. The van der Waals surface area contributed by atoms with Gasteiger partial charge in [0.25, 0.3) is 0 Å². The third kappa shape index (κ3) is 5.30. The molecule has 0 unspecified atom stereocenters. The van der Waals surface area contributed by atoms with E-state index in [1.807, 2.05) is 24.3 Å². The standard InChI is InChI=1S/C17H23NO3/c1-14-12-18(13-15(2)21-14)10-4-5-11-20-17-8-6-16(19-3)7-9-17/h6-9,14-15H,10-13H2,1-3H3/t14-,15+. The highest BCUT2D eigenvalue weighted by Crippen LogP contribution is 2.16. The van der Waals surface area contributed by atoms with E-state index in [2.05, 4.69) is 30.6 Å². The summed E-state index contributed by atoms with van der Waals surface area (Å²) in [6.45, 7) is 7.26. The van der Waals surface area contributed by atoms with Gasteiger partial charge in [-0.2, -0.15) is 0 Å². The monoisotopic (exact) mass is 289 g/mol. The van der Waals surface area contributed by atoms with E-state index in [0.29, 0.717) is 6.61 Å². The van der Waals surface area contributed by atoms with Gasteiger partial charge in [0.2, 0.25) is 0 Å². The van der Waals surface area contributed by atoms with Crippen molar-refractivity contribution < 1.29 is 14.2 Å². The molecule has 0 radical (unpaired) electrons. The Kier molecular flexibility index (Phi) is 5.91. The van der Waals surface area contributed by atoms with E-state index in [-0.39, 0.29) is 12.2 Å². The van der Waals surface area contributed by atoms with Crippen LogP contribution in [0.2, 0.25) is 0 Å². The molecule has 1 saturated heterocycles. The van der Waals surface area contributed by atoms with Crippen LogP contribution in [0.3, 0.4) is 0 Å². The lowest BCUT2D eigenvalue weighted by molar-refractivity contribution is -0.0640. The average molecular weight is 289 g/mol. The Morgan fingerprint density at radius 3 is 2.33 bits per heavy atom. The first-order chi connectivity index (χ1) is 10.2. The third-order valence-electron chi connectivity index (χ3n) is 3.29. The largest absolute Gasteiger partial charge is 0.497 e. The number of rotatable bonds is 4. The molecular weight excluding hydrogens is 266 g/mol. The van der Waals surface area contributed by atoms with Crippen LogP contribution < -0.4 is 9.47 Å². The van der Waals surface area contributed by atoms with E-state index >= 15 is 0 Å². The van der Waals surface area contributed by atoms with Crippen LogP contribution in [-0.2, 0) is 4.74 Å². The molecule has 1 aliphatic heterocycles. The van der Waals surface area contributed by atoms with E-state index in [4.69, 9.17) is 14.2 Å². The van der Waals surface area contributed by atoms with Crippen LogP contribution in [-0.4, -0.2) is 50.5 Å². The Hall–Kier alpha value is -1.70. The molecule has 2 rings (SSSR count). The first-order valence-electron chi connectivity index (χ1n) is 7.27. The lowest BCUT2D eigenvalue weighted by atomic mass is 10.2. The third-order valence-corrected chi connectivity index (χ3v) is 3.29. The summed E-state index contributed by atoms with van der Waals surface area (Å²) in [6.07, 6.45) is 0.567. The number of hydrogen-bond acceptors (Lipinski definition) is 4. The lowest BCUT2D eigenvalue weighted by Crippen LogP contribution is -2.45. The summed E-state index contributed by atoms with van der Waals surface area (Å²) in [6, 6.07) is 7.51. The highest BCUT2D eigenvalue weighted by atomic mass is 16.5. The van der Waals surface area contributed by atoms with E-state index in [1.165, 1.54) is 0 Å². The van der Waals surface area contributed by atoms with E-state index < -0.39 is 0 Å². The van der Waals surface area contributed by atoms with Crippen molar-refractivity contribution in [3.05, 3.63) is 24.3 Å². The maximum atomic E-state index is 5.70. The Morgan fingerprint density at radius 1 is 1.10 bits per heavy atom. The molecule has 21 heavy (non-hydrogen) atoms. The lowest BCUT2D eigenvalue weighted by Gasteiger charge is -2.34. The minimum atomic E-state index is 0.283. The molecular formula is C17H23NO3. The highest BCUT2D eigenvalue weighted by Gasteiger charge is 2.20. The molecule has 0 aliphatic carbocycles. The van der Waals surface area contributed by atoms with Crippen molar-refractivity contribution in [2.75, 3.05) is 33.4 Å². The number of benzene rings is 1. The summed E-state index contributed by atoms with van der Waals surface area (Å²) in [5.74, 6) is 7.84. The van der Waals surface area contributed by atoms with Crippen molar-refractivity contribution in [1.82, 2.24) is 4.90 Å². The van der Waals surface area contributed by atoms with Crippen molar-refractivity contribution in [3.63, 3.8) is 0 Å². The zero-order valence-corrected chi connectivity index (χ0v) is 13.0. The summed E-state index contributed by atoms with van der Waals surface area (Å²) < 4.78 is 16.4. The minimum Gasteiger partial charge on any atom is -0.497 e. The van der Waals surface area contributed by atoms with Gasteiger partial charge in [-0.15, -0.1) is 0 Å². The van der Waals surface area contributed by atoms with Gasteiger partial charge in [-0.25, -0.2) is 0 Å². The summed E-state index contributed by atoms with van der Waals surface area (Å²) >= 11 is 0. The first-order valence-corrected chi connectivity index (χ1v) is 7.27. The molecule has 0 aromatic heterocycles. The Labute approximate surface area is 127 Å². The van der Waals surface area contributed by atoms with Crippen molar-refractivity contribution >= 4 is 0 Å². The highest BCUT2D eigenvalue weighted by molar-refractivity contribution is 5.31. The van der Waals surface area contributed by atoms with Gasteiger partial charge in [0.15, 0.2) is 0 Å². The Balaban J connectivity index is 1.71. The second-order valence-electron chi connectivity index (χ2n) is 5.27. The SMILES string of the molecule is COc1ccc(OCC#CCN2C[C@@H](C)O[C@@H](C)C2)cc1. The van der Waals surface area contributed by atoms with Gasteiger partial charge in [0, 0.05) is 13.1 Å². The summed E-state index contributed by atoms with van der Waals surface area (Å²) in [4.78, 5) is 2.32. The van der Waals surface area contributed by atoms with Crippen LogP contribution in [0.4, 0.5) is 0 Å². The molecule has 0 spiro atoms. The summed E-state index contributed by atoms with van der Waals surface area (Å²) in [5, 5.41) is 0. The quantitative estimate of drug-likeness (QED) is 0.795. The maximum Gasteiger partial charge on any atom is 0.149 e. The normalized spacial score (nSPS) is 22.2. The van der Waals surface area contributed by atoms with Gasteiger partial charge in [-0.1, -0.05) is 11.8 Å². The number of hydrogen-bond donors (Lipinski definition) is 0. The molecule has 2 atom stereocenters. The maximum absolute atomic E-state index is 5.70. The van der Waals surface area contributed by atoms with Gasteiger partial charge in [0.1, 0.15) is 18.1 Å². The number of methoxy groups -OCH3 is 1. The number of morpholine rings is 1. The second kappa shape index (κ2) is 7.92. The smallest absolute Gasteiger partial charge is 0.149 e. The second-order valence-corrected chi connectivity index (χ2v) is 5.27. The fourth-order valence-corrected chi connectivity index (χ4v) is 2.42. The van der Waals surface area contributed by atoms with Gasteiger partial charge >= 0.3 is 0 Å². The fraction of sp³-hybridized carbons (Fsp3) is 0.529. The van der Waals surface area contributed by atoms with Gasteiger partial charge in [-0.3, -0.25) is 4.90 Å². The molecule has 1 aromatic rings. The Bertz CT molecular complexity index is 479. The molecule has 0 amide bonds. The van der Waals surface area contributed by atoms with Crippen LogP contribution in [0.25, 0.3) is 0 Å². The van der Waals surface area contributed by atoms with Crippen molar-refractivity contribution in [2.24, 2.45) is 0 Å². The van der Waals surface area contributed by atoms with Crippen LogP contribution in [0.15, 0.2) is 24.3 Å². The molecule has 0 N–H and O–H groups in total. The van der Waals surface area contributed by atoms with Crippen molar-refractivity contribution in [1.29, 1.82) is 0 Å². The number of nitrogens with zero attached hydrogens (tertiary/aromatic N) is 1. The first kappa shape index (κ1) is 15.7. The molecule has 4 nitrogen and oxygen atoms in total. The molecule has 1 heterocycles. The van der Waals surface area contributed by atoms with Gasteiger partial charge < -0.3 is 14.2 Å². The molecule has 114 valence electrons. The molecule has 0 saturated carbocycles. The fourth-order valence-electron chi connectivity index (χ4n) is 2.42. The van der Waals surface area contributed by atoms with Crippen LogP contribution in [0, 0.1) is 11.8 Å². The van der Waals surface area contributed by atoms with Crippen molar-refractivity contribution in [3.8, 4) is 23.3 Å². The minimum absolute atomic E-state index is 0.283. The predicted molar refractivity (Wildman–Crippen MR) is 82.7 cm³/mol. The Morgan fingerprint density at radius 2 is 1.71 bits per heavy atom. The number of ether oxygens (including phenoxy) is 3. The molecule has 1 aromatic carbocycles. The predicted octanol–water partition coefficient (Wildman–Crippen LogP) is 2.19. The van der Waals surface area contributed by atoms with E-state index in [1.54, 1.807) is 7.11 Å². The molecule has 1 aliphatic rings. The average Bonchev–Trinajstić information content (AvgIpc) is 2.46. The molecule has 4 heteroatoms. The van der Waals surface area contributed by atoms with Crippen LogP contribution in [0.1, 0.15) is 13.8 Å². The van der Waals surface area contributed by atoms with Gasteiger partial charge in [0.05, 0.1) is 25.9 Å². The molecule has 1 fully saturated rings. The van der Waals surface area contributed by atoms with Gasteiger partial charge in [-0.05, 0) is 38.1 Å². The topological polar surface area (TPSA) is 30.9 Å². The van der Waals surface area contributed by atoms with Crippen LogP contribution in [0.5, 0.6) is 11.5 Å². The van der Waals surface area contributed by atoms with E-state index in [0.717, 1.165) is 31.1 Å². The summed E-state index contributed by atoms with van der Waals surface area (Å²) in [5.41, 5.74) is 0. The van der Waals surface area contributed by atoms with E-state index in [9.17, 15) is 0 Å². The van der Waals surface area contributed by atoms with Crippen molar-refractivity contribution in [2.45, 2.75) is 26.1 Å². The summed E-state index contributed by atoms with van der Waals surface area (Å²) in [7, 11) is 1.65. The van der Waals surface area contributed by atoms with Crippen LogP contribution >= 0.6 is 0 Å². The zero-order chi connectivity index (χ0) is 15.1. The zero-order valence-electron chi connectivity index (χ0n) is 13.0.